The van der Waals surface area contributed by atoms with Crippen LogP contribution in [0.2, 0.25) is 5.02 Å². The van der Waals surface area contributed by atoms with Crippen LogP contribution in [0.4, 0.5) is 11.4 Å². The summed E-state index contributed by atoms with van der Waals surface area (Å²) in [5.74, 6) is -1.04. The molecular formula is C13H13ClN4O3. The normalized spacial score (nSPS) is 10.2. The number of hydrogen-bond acceptors (Lipinski definition) is 5. The number of methoxy groups -OCH3 is 1. The third kappa shape index (κ3) is 3.14. The van der Waals surface area contributed by atoms with Crippen LogP contribution in [-0.2, 0) is 11.8 Å². The minimum Gasteiger partial charge on any atom is -0.465 e. The fourth-order valence-electron chi connectivity index (χ4n) is 1.73. The highest BCUT2D eigenvalue weighted by Crippen LogP contribution is 2.24. The molecule has 0 bridgehead atoms. The molecule has 1 heterocycles. The molecule has 0 radical (unpaired) electrons. The second-order valence-corrected chi connectivity index (χ2v) is 4.65. The zero-order valence-electron chi connectivity index (χ0n) is 11.4. The molecule has 2 rings (SSSR count). The van der Waals surface area contributed by atoms with E-state index in [0.717, 1.165) is 0 Å². The van der Waals surface area contributed by atoms with Crippen molar-refractivity contribution in [2.45, 2.75) is 0 Å². The zero-order valence-corrected chi connectivity index (χ0v) is 12.1. The molecule has 0 unspecified atom stereocenters. The van der Waals surface area contributed by atoms with Crippen molar-refractivity contribution in [1.82, 2.24) is 9.78 Å². The number of rotatable bonds is 3. The molecule has 3 N–H and O–H groups in total. The highest BCUT2D eigenvalue weighted by molar-refractivity contribution is 6.34. The van der Waals surface area contributed by atoms with Crippen molar-refractivity contribution in [2.75, 3.05) is 18.2 Å². The maximum atomic E-state index is 12.1. The molecule has 0 atom stereocenters. The van der Waals surface area contributed by atoms with Gasteiger partial charge < -0.3 is 15.8 Å². The molecule has 21 heavy (non-hydrogen) atoms. The van der Waals surface area contributed by atoms with Crippen LogP contribution in [0.1, 0.15) is 20.8 Å². The summed E-state index contributed by atoms with van der Waals surface area (Å²) in [6.07, 6.45) is 1.52. The van der Waals surface area contributed by atoms with Crippen LogP contribution in [0, 0.1) is 0 Å². The van der Waals surface area contributed by atoms with Crippen LogP contribution in [-0.4, -0.2) is 28.8 Å². The van der Waals surface area contributed by atoms with Gasteiger partial charge in [-0.25, -0.2) is 4.79 Å². The van der Waals surface area contributed by atoms with Gasteiger partial charge in [0.2, 0.25) is 0 Å². The summed E-state index contributed by atoms with van der Waals surface area (Å²) in [6.45, 7) is 0. The molecule has 110 valence electrons. The molecule has 1 aromatic heterocycles. The highest BCUT2D eigenvalue weighted by Gasteiger charge is 2.16. The number of anilines is 2. The zero-order chi connectivity index (χ0) is 15.6. The molecule has 0 aliphatic rings. The number of carbonyl (C=O) groups is 2. The van der Waals surface area contributed by atoms with Crippen molar-refractivity contribution in [2.24, 2.45) is 7.05 Å². The van der Waals surface area contributed by atoms with Gasteiger partial charge in [-0.3, -0.25) is 9.48 Å². The number of halogens is 1. The summed E-state index contributed by atoms with van der Waals surface area (Å²) in [4.78, 5) is 23.6. The summed E-state index contributed by atoms with van der Waals surface area (Å²) in [5.41, 5.74) is 6.55. The van der Waals surface area contributed by atoms with Crippen molar-refractivity contribution in [1.29, 1.82) is 0 Å². The summed E-state index contributed by atoms with van der Waals surface area (Å²) in [6, 6.07) is 4.41. The molecule has 0 saturated heterocycles. The summed E-state index contributed by atoms with van der Waals surface area (Å²) in [7, 11) is 2.92. The molecular weight excluding hydrogens is 296 g/mol. The van der Waals surface area contributed by atoms with Crippen LogP contribution >= 0.6 is 11.6 Å². The lowest BCUT2D eigenvalue weighted by Crippen LogP contribution is -2.15. The van der Waals surface area contributed by atoms with E-state index in [1.807, 2.05) is 0 Å². The molecule has 0 fully saturated rings. The SMILES string of the molecule is COC(=O)c1ccc(Cl)c(NC(=O)c2nn(C)cc2N)c1. The maximum Gasteiger partial charge on any atom is 0.337 e. The summed E-state index contributed by atoms with van der Waals surface area (Å²) in [5, 5.41) is 6.80. The molecule has 0 saturated carbocycles. The van der Waals surface area contributed by atoms with E-state index in [4.69, 9.17) is 17.3 Å². The van der Waals surface area contributed by atoms with E-state index >= 15 is 0 Å². The Labute approximate surface area is 125 Å². The van der Waals surface area contributed by atoms with Gasteiger partial charge in [0.15, 0.2) is 5.69 Å². The Balaban J connectivity index is 2.28. The molecule has 1 aromatic carbocycles. The van der Waals surface area contributed by atoms with Gasteiger partial charge in [-0.05, 0) is 18.2 Å². The molecule has 1 amide bonds. The van der Waals surface area contributed by atoms with Crippen molar-refractivity contribution < 1.29 is 14.3 Å². The van der Waals surface area contributed by atoms with Crippen LogP contribution < -0.4 is 11.1 Å². The average Bonchev–Trinajstić information content (AvgIpc) is 2.79. The average molecular weight is 309 g/mol. The Morgan fingerprint density at radius 2 is 2.14 bits per heavy atom. The Hall–Kier alpha value is -2.54. The summed E-state index contributed by atoms with van der Waals surface area (Å²) >= 11 is 6.00. The lowest BCUT2D eigenvalue weighted by molar-refractivity contribution is 0.0600. The number of benzene rings is 1. The predicted molar refractivity (Wildman–Crippen MR) is 78.4 cm³/mol. The van der Waals surface area contributed by atoms with Crippen molar-refractivity contribution in [3.63, 3.8) is 0 Å². The number of nitrogens with one attached hydrogen (secondary N) is 1. The molecule has 0 spiro atoms. The molecule has 0 aliphatic heterocycles. The second kappa shape index (κ2) is 5.84. The highest BCUT2D eigenvalue weighted by atomic mass is 35.5. The number of aryl methyl sites for hydroxylation is 1. The maximum absolute atomic E-state index is 12.1. The van der Waals surface area contributed by atoms with Gasteiger partial charge in [-0.15, -0.1) is 0 Å². The quantitative estimate of drug-likeness (QED) is 0.841. The molecule has 2 aromatic rings. The first-order valence-corrected chi connectivity index (χ1v) is 6.28. The first-order chi connectivity index (χ1) is 9.92. The van der Waals surface area contributed by atoms with Gasteiger partial charge in [0.05, 0.1) is 29.1 Å². The predicted octanol–water partition coefficient (Wildman–Crippen LogP) is 1.69. The minimum atomic E-state index is -0.528. The van der Waals surface area contributed by atoms with Crippen molar-refractivity contribution in [3.05, 3.63) is 40.7 Å². The number of carbonyl (C=O) groups excluding carboxylic acids is 2. The first kappa shape index (κ1) is 14.9. The smallest absolute Gasteiger partial charge is 0.337 e. The number of aromatic nitrogens is 2. The number of esters is 1. The first-order valence-electron chi connectivity index (χ1n) is 5.90. The monoisotopic (exact) mass is 308 g/mol. The fourth-order valence-corrected chi connectivity index (χ4v) is 1.90. The molecule has 8 heteroatoms. The lowest BCUT2D eigenvalue weighted by atomic mass is 10.2. The third-order valence-electron chi connectivity index (χ3n) is 2.71. The Morgan fingerprint density at radius 3 is 2.71 bits per heavy atom. The fraction of sp³-hybridized carbons (Fsp3) is 0.154. The van der Waals surface area contributed by atoms with Gasteiger partial charge in [0, 0.05) is 13.2 Å². The molecule has 0 aliphatic carbocycles. The number of nitrogen functional groups attached to an aromatic ring is 1. The van der Waals surface area contributed by atoms with E-state index in [1.165, 1.54) is 36.2 Å². The van der Waals surface area contributed by atoms with Gasteiger partial charge in [-0.2, -0.15) is 5.10 Å². The van der Waals surface area contributed by atoms with E-state index < -0.39 is 11.9 Å². The van der Waals surface area contributed by atoms with E-state index in [-0.39, 0.29) is 27.7 Å². The van der Waals surface area contributed by atoms with Gasteiger partial charge in [-0.1, -0.05) is 11.6 Å². The van der Waals surface area contributed by atoms with E-state index in [9.17, 15) is 9.59 Å². The number of nitrogens with two attached hydrogens (primary N) is 1. The van der Waals surface area contributed by atoms with E-state index in [1.54, 1.807) is 7.05 Å². The van der Waals surface area contributed by atoms with Crippen LogP contribution in [0.25, 0.3) is 0 Å². The van der Waals surface area contributed by atoms with Gasteiger partial charge in [0.1, 0.15) is 0 Å². The Bertz CT molecular complexity index is 711. The van der Waals surface area contributed by atoms with Gasteiger partial charge >= 0.3 is 5.97 Å². The largest absolute Gasteiger partial charge is 0.465 e. The number of amides is 1. The van der Waals surface area contributed by atoms with Crippen LogP contribution in [0.3, 0.4) is 0 Å². The number of hydrogen-bond donors (Lipinski definition) is 2. The van der Waals surface area contributed by atoms with Gasteiger partial charge in [0.25, 0.3) is 5.91 Å². The third-order valence-corrected chi connectivity index (χ3v) is 3.04. The standard InChI is InChI=1S/C13H13ClN4O3/c1-18-6-9(15)11(17-18)12(19)16-10-5-7(13(20)21-2)3-4-8(10)14/h3-6H,15H2,1-2H3,(H,16,19). The van der Waals surface area contributed by atoms with Crippen molar-refractivity contribution >= 4 is 34.9 Å². The number of ether oxygens (including phenoxy) is 1. The number of nitrogens with zero attached hydrogens (tertiary/aromatic N) is 2. The second-order valence-electron chi connectivity index (χ2n) is 4.25. The van der Waals surface area contributed by atoms with Crippen LogP contribution in [0.5, 0.6) is 0 Å². The van der Waals surface area contributed by atoms with E-state index in [0.29, 0.717) is 0 Å². The summed E-state index contributed by atoms with van der Waals surface area (Å²) < 4.78 is 6.04. The van der Waals surface area contributed by atoms with E-state index in [2.05, 4.69) is 15.2 Å². The lowest BCUT2D eigenvalue weighted by Gasteiger charge is -2.08. The Morgan fingerprint density at radius 1 is 1.43 bits per heavy atom. The molecule has 7 nitrogen and oxygen atoms in total. The van der Waals surface area contributed by atoms with Crippen LogP contribution in [0.15, 0.2) is 24.4 Å². The topological polar surface area (TPSA) is 99.2 Å². The van der Waals surface area contributed by atoms with Crippen molar-refractivity contribution in [3.8, 4) is 0 Å². The Kier molecular flexibility index (Phi) is 4.13. The minimum absolute atomic E-state index is 0.0806.